The molecule has 0 saturated heterocycles. The first kappa shape index (κ1) is 8.89. The molecule has 0 saturated carbocycles. The third-order valence-electron chi connectivity index (χ3n) is 2.36. The zero-order valence-electron chi connectivity index (χ0n) is 8.08. The van der Waals surface area contributed by atoms with E-state index < -0.39 is 0 Å². The number of hydrogen-bond donors (Lipinski definition) is 1. The molecule has 1 aliphatic rings. The maximum Gasteiger partial charge on any atom is 0.142 e. The van der Waals surface area contributed by atoms with Gasteiger partial charge in [-0.05, 0) is 18.6 Å². The van der Waals surface area contributed by atoms with E-state index in [0.717, 1.165) is 17.0 Å². The summed E-state index contributed by atoms with van der Waals surface area (Å²) >= 11 is 0. The molecule has 0 aromatic heterocycles. The largest absolute Gasteiger partial charge is 0.489 e. The van der Waals surface area contributed by atoms with E-state index in [0.29, 0.717) is 13.0 Å². The molecule has 1 heterocycles. The average molecular weight is 188 g/mol. The van der Waals surface area contributed by atoms with Gasteiger partial charge < -0.3 is 10.1 Å². The molecule has 72 valence electrons. The van der Waals surface area contributed by atoms with Crippen molar-refractivity contribution < 1.29 is 4.74 Å². The third kappa shape index (κ3) is 1.51. The fourth-order valence-corrected chi connectivity index (χ4v) is 1.60. The molecule has 0 fully saturated rings. The molecular weight excluding hydrogens is 176 g/mol. The topological polar surface area (TPSA) is 45.0 Å². The Morgan fingerprint density at radius 1 is 1.64 bits per heavy atom. The Bertz CT molecular complexity index is 381. The van der Waals surface area contributed by atoms with Crippen LogP contribution in [0.2, 0.25) is 0 Å². The van der Waals surface area contributed by atoms with Gasteiger partial charge in [-0.3, -0.25) is 0 Å². The summed E-state index contributed by atoms with van der Waals surface area (Å²) < 4.78 is 5.56. The Morgan fingerprint density at radius 3 is 3.29 bits per heavy atom. The molecular formula is C11H12N2O. The van der Waals surface area contributed by atoms with Gasteiger partial charge in [0.25, 0.3) is 0 Å². The predicted octanol–water partition coefficient (Wildman–Crippen LogP) is 2.08. The molecule has 3 heteroatoms. The Hall–Kier alpha value is -1.69. The SMILES string of the molecule is Cc1cccc2c1NC(CC#N)CO2. The number of anilines is 1. The van der Waals surface area contributed by atoms with Crippen LogP contribution in [0.5, 0.6) is 5.75 Å². The first-order chi connectivity index (χ1) is 6.81. The van der Waals surface area contributed by atoms with Crippen molar-refractivity contribution in [1.82, 2.24) is 0 Å². The fourth-order valence-electron chi connectivity index (χ4n) is 1.60. The number of hydrogen-bond acceptors (Lipinski definition) is 3. The standard InChI is InChI=1S/C11H12N2O/c1-8-3-2-4-10-11(8)13-9(5-6-12)7-14-10/h2-4,9,13H,5,7H2,1H3. The molecule has 0 spiro atoms. The van der Waals surface area contributed by atoms with E-state index in [1.54, 1.807) is 0 Å². The number of nitrogens with zero attached hydrogens (tertiary/aromatic N) is 1. The number of aryl methyl sites for hydroxylation is 1. The molecule has 1 aromatic rings. The highest BCUT2D eigenvalue weighted by molar-refractivity contribution is 5.63. The molecule has 1 aromatic carbocycles. The number of para-hydroxylation sites is 1. The number of benzene rings is 1. The summed E-state index contributed by atoms with van der Waals surface area (Å²) in [4.78, 5) is 0. The van der Waals surface area contributed by atoms with E-state index in [1.165, 1.54) is 0 Å². The van der Waals surface area contributed by atoms with Gasteiger partial charge >= 0.3 is 0 Å². The van der Waals surface area contributed by atoms with Crippen LogP contribution in [-0.2, 0) is 0 Å². The number of nitriles is 1. The molecule has 0 bridgehead atoms. The smallest absolute Gasteiger partial charge is 0.142 e. The second kappa shape index (κ2) is 3.59. The lowest BCUT2D eigenvalue weighted by atomic mass is 10.1. The van der Waals surface area contributed by atoms with Crippen molar-refractivity contribution in [2.24, 2.45) is 0 Å². The van der Waals surface area contributed by atoms with Crippen molar-refractivity contribution in [3.8, 4) is 11.8 Å². The molecule has 2 rings (SSSR count). The first-order valence-corrected chi connectivity index (χ1v) is 4.67. The molecule has 0 aliphatic carbocycles. The molecule has 14 heavy (non-hydrogen) atoms. The zero-order chi connectivity index (χ0) is 9.97. The van der Waals surface area contributed by atoms with Gasteiger partial charge in [-0.15, -0.1) is 0 Å². The van der Waals surface area contributed by atoms with Crippen LogP contribution in [0.25, 0.3) is 0 Å². The highest BCUT2D eigenvalue weighted by Gasteiger charge is 2.19. The number of nitrogens with one attached hydrogen (secondary N) is 1. The molecule has 1 aliphatic heterocycles. The maximum absolute atomic E-state index is 8.59. The Kier molecular flexibility index (Phi) is 2.28. The van der Waals surface area contributed by atoms with Crippen molar-refractivity contribution >= 4 is 5.69 Å². The summed E-state index contributed by atoms with van der Waals surface area (Å²) in [5.74, 6) is 0.888. The van der Waals surface area contributed by atoms with Crippen LogP contribution in [0.1, 0.15) is 12.0 Å². The van der Waals surface area contributed by atoms with Gasteiger partial charge in [-0.25, -0.2) is 0 Å². The summed E-state index contributed by atoms with van der Waals surface area (Å²) in [5, 5.41) is 11.9. The van der Waals surface area contributed by atoms with E-state index in [1.807, 2.05) is 25.1 Å². The summed E-state index contributed by atoms with van der Waals surface area (Å²) in [5.41, 5.74) is 2.18. The third-order valence-corrected chi connectivity index (χ3v) is 2.36. The van der Waals surface area contributed by atoms with Crippen LogP contribution in [0, 0.1) is 18.3 Å². The fraction of sp³-hybridized carbons (Fsp3) is 0.364. The minimum atomic E-state index is 0.119. The van der Waals surface area contributed by atoms with Crippen LogP contribution in [0.3, 0.4) is 0 Å². The summed E-state index contributed by atoms with van der Waals surface area (Å²) in [7, 11) is 0. The van der Waals surface area contributed by atoms with Crippen molar-refractivity contribution in [1.29, 1.82) is 5.26 Å². The maximum atomic E-state index is 8.59. The molecule has 1 atom stereocenters. The quantitative estimate of drug-likeness (QED) is 0.733. The Balaban J connectivity index is 2.25. The Labute approximate surface area is 83.3 Å². The van der Waals surface area contributed by atoms with Crippen molar-refractivity contribution in [3.05, 3.63) is 23.8 Å². The monoisotopic (exact) mass is 188 g/mol. The zero-order valence-corrected chi connectivity index (χ0v) is 8.08. The van der Waals surface area contributed by atoms with E-state index >= 15 is 0 Å². The number of rotatable bonds is 1. The minimum absolute atomic E-state index is 0.119. The van der Waals surface area contributed by atoms with Gasteiger partial charge in [0.2, 0.25) is 0 Å². The van der Waals surface area contributed by atoms with Crippen molar-refractivity contribution in [2.75, 3.05) is 11.9 Å². The molecule has 1 N–H and O–H groups in total. The normalized spacial score (nSPS) is 18.7. The second-order valence-electron chi connectivity index (χ2n) is 3.46. The summed E-state index contributed by atoms with van der Waals surface area (Å²) in [6.07, 6.45) is 0.480. The van der Waals surface area contributed by atoms with E-state index in [-0.39, 0.29) is 6.04 Å². The van der Waals surface area contributed by atoms with Crippen LogP contribution in [0.15, 0.2) is 18.2 Å². The van der Waals surface area contributed by atoms with Gasteiger partial charge in [-0.1, -0.05) is 12.1 Å². The van der Waals surface area contributed by atoms with Gasteiger partial charge in [0.1, 0.15) is 12.4 Å². The van der Waals surface area contributed by atoms with E-state index in [9.17, 15) is 0 Å². The molecule has 3 nitrogen and oxygen atoms in total. The van der Waals surface area contributed by atoms with Gasteiger partial charge in [0, 0.05) is 0 Å². The van der Waals surface area contributed by atoms with Gasteiger partial charge in [0.15, 0.2) is 0 Å². The number of ether oxygens (including phenoxy) is 1. The van der Waals surface area contributed by atoms with E-state index in [4.69, 9.17) is 10.00 Å². The van der Waals surface area contributed by atoms with Crippen LogP contribution in [-0.4, -0.2) is 12.6 Å². The second-order valence-corrected chi connectivity index (χ2v) is 3.46. The lowest BCUT2D eigenvalue weighted by Gasteiger charge is -2.27. The summed E-state index contributed by atoms with van der Waals surface area (Å²) in [6.45, 7) is 2.61. The summed E-state index contributed by atoms with van der Waals surface area (Å²) in [6, 6.07) is 8.21. The molecule has 1 unspecified atom stereocenters. The van der Waals surface area contributed by atoms with Crippen LogP contribution >= 0.6 is 0 Å². The average Bonchev–Trinajstić information content (AvgIpc) is 2.20. The lowest BCUT2D eigenvalue weighted by Crippen LogP contribution is -2.31. The van der Waals surface area contributed by atoms with Crippen LogP contribution < -0.4 is 10.1 Å². The Morgan fingerprint density at radius 2 is 2.50 bits per heavy atom. The van der Waals surface area contributed by atoms with Gasteiger partial charge in [-0.2, -0.15) is 5.26 Å². The number of fused-ring (bicyclic) bond motifs is 1. The predicted molar refractivity (Wildman–Crippen MR) is 54.3 cm³/mol. The van der Waals surface area contributed by atoms with Crippen LogP contribution in [0.4, 0.5) is 5.69 Å². The molecule has 0 amide bonds. The molecule has 0 radical (unpaired) electrons. The lowest BCUT2D eigenvalue weighted by molar-refractivity contribution is 0.285. The first-order valence-electron chi connectivity index (χ1n) is 4.67. The van der Waals surface area contributed by atoms with Crippen molar-refractivity contribution in [3.63, 3.8) is 0 Å². The van der Waals surface area contributed by atoms with Gasteiger partial charge in [0.05, 0.1) is 24.2 Å². The van der Waals surface area contributed by atoms with E-state index in [2.05, 4.69) is 11.4 Å². The highest BCUT2D eigenvalue weighted by Crippen LogP contribution is 2.32. The van der Waals surface area contributed by atoms with Crippen molar-refractivity contribution in [2.45, 2.75) is 19.4 Å². The minimum Gasteiger partial charge on any atom is -0.489 e. The highest BCUT2D eigenvalue weighted by atomic mass is 16.5.